The van der Waals surface area contributed by atoms with Crippen molar-refractivity contribution in [3.63, 3.8) is 0 Å². The molecule has 2 aromatic heterocycles. The number of aryl methyl sites for hydroxylation is 2. The van der Waals surface area contributed by atoms with Gasteiger partial charge < -0.3 is 44.8 Å². The predicted molar refractivity (Wildman–Crippen MR) is 280 cm³/mol. The molecular formula is C55H65NaO10S4. The molecule has 4 heterocycles. The molecule has 0 saturated carbocycles. The van der Waals surface area contributed by atoms with Gasteiger partial charge in [-0.25, -0.2) is 0 Å². The molecule has 5 N–H and O–H groups in total. The predicted octanol–water partition coefficient (Wildman–Crippen LogP) is 6.20. The van der Waals surface area contributed by atoms with E-state index in [1.54, 1.807) is 34.4 Å². The number of carbonyl (C=O) groups excluding carboxylic acids is 1. The molecule has 4 aromatic carbocycles. The summed E-state index contributed by atoms with van der Waals surface area (Å²) in [6, 6.07) is 37.2. The number of benzene rings is 4. The summed E-state index contributed by atoms with van der Waals surface area (Å²) in [4.78, 5) is 16.7. The van der Waals surface area contributed by atoms with E-state index in [0.717, 1.165) is 58.9 Å². The van der Waals surface area contributed by atoms with Crippen LogP contribution in [0.2, 0.25) is 0 Å². The Bertz CT molecular complexity index is 2560. The first-order chi connectivity index (χ1) is 33.2. The third-order valence-corrected chi connectivity index (χ3v) is 17.1. The molecule has 2 fully saturated rings. The molecule has 0 radical (unpaired) electrons. The van der Waals surface area contributed by atoms with Crippen LogP contribution in [0, 0.1) is 19.8 Å². The van der Waals surface area contributed by atoms with E-state index in [4.69, 9.17) is 19.3 Å². The Morgan fingerprint density at radius 2 is 1.11 bits per heavy atom. The van der Waals surface area contributed by atoms with Crippen LogP contribution in [0.15, 0.2) is 109 Å². The van der Waals surface area contributed by atoms with Crippen molar-refractivity contribution in [2.24, 2.45) is 5.92 Å². The van der Waals surface area contributed by atoms with Crippen molar-refractivity contribution in [2.45, 2.75) is 114 Å². The van der Waals surface area contributed by atoms with E-state index in [1.165, 1.54) is 54.9 Å². The molecule has 0 amide bonds. The fraction of sp³-hybridized carbons (Fsp3) is 0.400. The zero-order valence-corrected chi connectivity index (χ0v) is 46.7. The Balaban J connectivity index is 0.000000249. The van der Waals surface area contributed by atoms with Crippen molar-refractivity contribution in [1.82, 2.24) is 0 Å². The van der Waals surface area contributed by atoms with Crippen LogP contribution in [0.1, 0.15) is 87.2 Å². The van der Waals surface area contributed by atoms with Gasteiger partial charge >= 0.3 is 35.5 Å². The Morgan fingerprint density at radius 3 is 1.54 bits per heavy atom. The summed E-state index contributed by atoms with van der Waals surface area (Å²) in [5.74, 6) is -0.105. The van der Waals surface area contributed by atoms with E-state index < -0.39 is 29.9 Å². The monoisotopic (exact) mass is 1040 g/mol. The number of aliphatic hydroxyl groups excluding tert-OH is 5. The first-order valence-corrected chi connectivity index (χ1v) is 27.2. The number of esters is 1. The molecule has 10 atom stereocenters. The number of rotatable bonds is 13. The normalized spacial score (nSPS) is 24.0. The van der Waals surface area contributed by atoms with Gasteiger partial charge in [0, 0.05) is 45.2 Å². The van der Waals surface area contributed by atoms with Gasteiger partial charge in [0.2, 0.25) is 0 Å². The average molecular weight is 1040 g/mol. The third kappa shape index (κ3) is 14.2. The molecule has 70 heavy (non-hydrogen) atoms. The van der Waals surface area contributed by atoms with Gasteiger partial charge in [-0.3, -0.25) is 4.79 Å². The molecule has 2 saturated heterocycles. The summed E-state index contributed by atoms with van der Waals surface area (Å²) in [5.41, 5.74) is 10.2. The molecule has 8 rings (SSSR count). The quantitative estimate of drug-likeness (QED) is 0.0658. The SMILES string of the molecule is CS[C@H]1C(c2ccc(C)c(Cc3ccc(-c4ccc(CO)cc4)s3)c2)O[C@H](C)[C@@H](C)[C@@H]1OC(C)=O.CS[C@H]1OC(c2ccc(C)c(Cc3ccc(-c4ccc(CO)cc4)s3)c2)[C@H](O)[C@@H](O)[C@@H]1O.C[O-].[Na+]. The van der Waals surface area contributed by atoms with Crippen molar-refractivity contribution in [3.05, 3.63) is 163 Å². The summed E-state index contributed by atoms with van der Waals surface area (Å²) >= 11 is 6.55. The second kappa shape index (κ2) is 27.4. The van der Waals surface area contributed by atoms with Crippen LogP contribution in [0.3, 0.4) is 0 Å². The summed E-state index contributed by atoms with van der Waals surface area (Å²) in [7, 11) is 0.750. The number of thioether (sulfide) groups is 2. The zero-order chi connectivity index (χ0) is 49.9. The minimum absolute atomic E-state index is 0. The summed E-state index contributed by atoms with van der Waals surface area (Å²) in [6.45, 7) is 9.97. The Labute approximate surface area is 451 Å². The molecule has 0 spiro atoms. The van der Waals surface area contributed by atoms with Crippen molar-refractivity contribution < 1.29 is 79.2 Å². The Morgan fingerprint density at radius 1 is 0.643 bits per heavy atom. The summed E-state index contributed by atoms with van der Waals surface area (Å²) < 4.78 is 18.2. The summed E-state index contributed by atoms with van der Waals surface area (Å²) in [6.07, 6.45) is 0.876. The fourth-order valence-electron chi connectivity index (χ4n) is 8.68. The van der Waals surface area contributed by atoms with Crippen LogP contribution in [-0.2, 0) is 45.1 Å². The first-order valence-electron chi connectivity index (χ1n) is 23.0. The standard InChI is InChI=1S/C29H34O4S2.C25H28O5S2.CH3O.Na/c1-17-6-9-23(28-29(34-5)27(33-20(4)31)18(2)19(3)32-28)14-24(17)15-25-12-13-26(35-25)22-10-7-21(16-30)8-11-22;1-14-3-6-17(24-22(28)21(27)23(29)25(30-24)31-2)11-18(14)12-19-9-10-20(32-19)16-7-4-15(13-26)5-8-16;1-2;/h6-14,18-19,27-30H,15-16H2,1-5H3;3-11,21-29H,12-13H2,1-2H3;1H3;/q;;-1;+1/t18-,19-,27+,28?,29-;21-,22-,23+,24?,25-;;/m11../s1. The number of carbonyl (C=O) groups is 1. The van der Waals surface area contributed by atoms with E-state index in [9.17, 15) is 30.3 Å². The van der Waals surface area contributed by atoms with Gasteiger partial charge in [-0.1, -0.05) is 91.9 Å². The van der Waals surface area contributed by atoms with Crippen molar-refractivity contribution in [2.75, 3.05) is 19.6 Å². The van der Waals surface area contributed by atoms with Gasteiger partial charge in [0.15, 0.2) is 0 Å². The van der Waals surface area contributed by atoms with Crippen LogP contribution in [0.25, 0.3) is 20.9 Å². The molecule has 15 heteroatoms. The van der Waals surface area contributed by atoms with Gasteiger partial charge in [-0.2, -0.15) is 18.9 Å². The van der Waals surface area contributed by atoms with Crippen molar-refractivity contribution in [3.8, 4) is 20.9 Å². The molecule has 6 aromatic rings. The van der Waals surface area contributed by atoms with Gasteiger partial charge in [0.25, 0.3) is 0 Å². The molecular weight excluding hydrogens is 972 g/mol. The summed E-state index contributed by atoms with van der Waals surface area (Å²) in [5, 5.41) is 57.7. The van der Waals surface area contributed by atoms with E-state index in [0.29, 0.717) is 0 Å². The molecule has 10 nitrogen and oxygen atoms in total. The number of thiophene rings is 2. The second-order valence-corrected chi connectivity index (χ2v) is 21.8. The average Bonchev–Trinajstić information content (AvgIpc) is 4.05. The van der Waals surface area contributed by atoms with Crippen LogP contribution in [-0.4, -0.2) is 92.3 Å². The minimum Gasteiger partial charge on any atom is -0.857 e. The molecule has 2 unspecified atom stereocenters. The maximum absolute atomic E-state index is 11.8. The van der Waals surface area contributed by atoms with E-state index >= 15 is 0 Å². The van der Waals surface area contributed by atoms with Crippen LogP contribution in [0.5, 0.6) is 0 Å². The first kappa shape index (κ1) is 58.0. The maximum atomic E-state index is 11.8. The minimum atomic E-state index is -1.26. The molecule has 2 aliphatic heterocycles. The van der Waals surface area contributed by atoms with Gasteiger partial charge in [0.05, 0.1) is 30.7 Å². The second-order valence-electron chi connectivity index (χ2n) is 17.5. The zero-order valence-electron chi connectivity index (χ0n) is 41.4. The van der Waals surface area contributed by atoms with E-state index in [2.05, 4.69) is 88.5 Å². The number of hydrogen-bond donors (Lipinski definition) is 5. The molecule has 2 aliphatic rings. The van der Waals surface area contributed by atoms with E-state index in [1.807, 2.05) is 60.9 Å². The Kier molecular flexibility index (Phi) is 22.7. The number of aliphatic hydroxyl groups is 5. The third-order valence-electron chi connectivity index (χ3n) is 12.9. The van der Waals surface area contributed by atoms with Gasteiger partial charge in [-0.15, -0.1) is 34.4 Å². The Hall–Kier alpha value is -2.87. The van der Waals surface area contributed by atoms with Crippen molar-refractivity contribution >= 4 is 52.2 Å². The largest absolute Gasteiger partial charge is 1.00 e. The van der Waals surface area contributed by atoms with Gasteiger partial charge in [-0.05, 0) is 113 Å². The maximum Gasteiger partial charge on any atom is 1.00 e. The van der Waals surface area contributed by atoms with Crippen LogP contribution >= 0.6 is 46.2 Å². The smallest absolute Gasteiger partial charge is 0.857 e. The van der Waals surface area contributed by atoms with E-state index in [-0.39, 0.29) is 78.2 Å². The van der Waals surface area contributed by atoms with Gasteiger partial charge in [0.1, 0.15) is 36.0 Å². The fourth-order valence-corrected chi connectivity index (χ4v) is 12.5. The molecule has 0 bridgehead atoms. The number of hydrogen-bond acceptors (Lipinski definition) is 14. The van der Waals surface area contributed by atoms with Crippen LogP contribution < -0.4 is 34.7 Å². The topological polar surface area (TPSA) is 169 Å². The molecule has 0 aliphatic carbocycles. The van der Waals surface area contributed by atoms with Crippen molar-refractivity contribution in [1.29, 1.82) is 0 Å². The molecule has 370 valence electrons. The number of ether oxygens (including phenoxy) is 3. The van der Waals surface area contributed by atoms with Crippen LogP contribution in [0.4, 0.5) is 0 Å².